The Morgan fingerprint density at radius 2 is 1.71 bits per heavy atom. The van der Waals surface area contributed by atoms with Crippen LogP contribution in [-0.2, 0) is 21.5 Å². The summed E-state index contributed by atoms with van der Waals surface area (Å²) in [6.45, 7) is 9.90. The zero-order valence-electron chi connectivity index (χ0n) is 20.8. The van der Waals surface area contributed by atoms with Crippen LogP contribution in [0.25, 0.3) is 0 Å². The number of amides is 1. The Bertz CT molecular complexity index is 1070. The highest BCUT2D eigenvalue weighted by Gasteiger charge is 2.31. The number of methoxy groups -OCH3 is 1. The third kappa shape index (κ3) is 5.84. The molecular weight excluding hydrogens is 452 g/mol. The molecule has 34 heavy (non-hydrogen) atoms. The zero-order valence-corrected chi connectivity index (χ0v) is 21.6. The summed E-state index contributed by atoms with van der Waals surface area (Å²) in [5.41, 5.74) is 1.53. The fraction of sp³-hybridized carbons (Fsp3) is 0.500. The molecule has 1 saturated carbocycles. The molecule has 0 spiro atoms. The van der Waals surface area contributed by atoms with Crippen LogP contribution in [0.5, 0.6) is 11.5 Å². The lowest BCUT2D eigenvalue weighted by molar-refractivity contribution is -0.140. The lowest BCUT2D eigenvalue weighted by Crippen LogP contribution is -2.42. The van der Waals surface area contributed by atoms with E-state index in [1.807, 2.05) is 44.7 Å². The molecule has 2 aromatic rings. The molecule has 8 heteroatoms. The van der Waals surface area contributed by atoms with Crippen LogP contribution >= 0.6 is 0 Å². The van der Waals surface area contributed by atoms with Crippen molar-refractivity contribution in [3.63, 3.8) is 0 Å². The molecule has 0 radical (unpaired) electrons. The fourth-order valence-corrected chi connectivity index (χ4v) is 4.99. The molecule has 0 bridgehead atoms. The van der Waals surface area contributed by atoms with E-state index in [9.17, 15) is 13.2 Å². The van der Waals surface area contributed by atoms with Crippen molar-refractivity contribution in [3.05, 3.63) is 48.0 Å². The van der Waals surface area contributed by atoms with Crippen LogP contribution in [0.3, 0.4) is 0 Å². The number of carbonyl (C=O) groups is 1. The van der Waals surface area contributed by atoms with Gasteiger partial charge < -0.3 is 18.7 Å². The number of hydrogen-bond acceptors (Lipinski definition) is 6. The molecule has 0 aromatic heterocycles. The van der Waals surface area contributed by atoms with Crippen LogP contribution in [0.2, 0.25) is 0 Å². The molecular formula is C26H36N2O5S. The van der Waals surface area contributed by atoms with Crippen molar-refractivity contribution in [2.24, 2.45) is 5.92 Å². The van der Waals surface area contributed by atoms with Gasteiger partial charge in [0.05, 0.1) is 7.11 Å². The van der Waals surface area contributed by atoms with Gasteiger partial charge in [-0.2, -0.15) is 8.42 Å². The maximum Gasteiger partial charge on any atom is 0.339 e. The minimum Gasteiger partial charge on any atom is -0.497 e. The minimum absolute atomic E-state index is 0.0124. The quantitative estimate of drug-likeness (QED) is 0.421. The molecule has 1 fully saturated rings. The Morgan fingerprint density at radius 3 is 2.21 bits per heavy atom. The summed E-state index contributed by atoms with van der Waals surface area (Å²) in [5, 5.41) is 0. The summed E-state index contributed by atoms with van der Waals surface area (Å²) < 4.78 is 37.1. The second-order valence-corrected chi connectivity index (χ2v) is 10.4. The van der Waals surface area contributed by atoms with Gasteiger partial charge in [-0.1, -0.05) is 12.5 Å². The normalized spacial score (nSPS) is 13.9. The van der Waals surface area contributed by atoms with Crippen molar-refractivity contribution < 1.29 is 22.1 Å². The highest BCUT2D eigenvalue weighted by Crippen LogP contribution is 2.33. The van der Waals surface area contributed by atoms with E-state index >= 15 is 0 Å². The molecule has 1 aliphatic rings. The molecule has 0 N–H and O–H groups in total. The SMILES string of the molecule is CCN(CC)c1ccc(CN(C(=O)C2CCC2)C(C)C)c(OS(=O)(=O)c2ccc(OC)cc2)c1. The molecule has 0 atom stereocenters. The summed E-state index contributed by atoms with van der Waals surface area (Å²) in [4.78, 5) is 17.0. The molecule has 0 aliphatic heterocycles. The van der Waals surface area contributed by atoms with Crippen molar-refractivity contribution in [3.8, 4) is 11.5 Å². The highest BCUT2D eigenvalue weighted by atomic mass is 32.2. The van der Waals surface area contributed by atoms with Crippen LogP contribution in [0, 0.1) is 5.92 Å². The first-order chi connectivity index (χ1) is 16.2. The molecule has 1 aliphatic carbocycles. The van der Waals surface area contributed by atoms with Gasteiger partial charge in [0.25, 0.3) is 0 Å². The van der Waals surface area contributed by atoms with Gasteiger partial charge in [0.15, 0.2) is 0 Å². The highest BCUT2D eigenvalue weighted by molar-refractivity contribution is 7.87. The molecule has 0 saturated heterocycles. The van der Waals surface area contributed by atoms with E-state index in [0.29, 0.717) is 17.9 Å². The number of hydrogen-bond donors (Lipinski definition) is 0. The summed E-state index contributed by atoms with van der Waals surface area (Å²) in [6.07, 6.45) is 2.91. The smallest absolute Gasteiger partial charge is 0.339 e. The number of rotatable bonds is 11. The molecule has 0 heterocycles. The van der Waals surface area contributed by atoms with Gasteiger partial charge in [0.2, 0.25) is 5.91 Å². The summed E-state index contributed by atoms with van der Waals surface area (Å²) >= 11 is 0. The number of nitrogens with zero attached hydrogens (tertiary/aromatic N) is 2. The maximum atomic E-state index is 13.1. The lowest BCUT2D eigenvalue weighted by Gasteiger charge is -2.34. The minimum atomic E-state index is -4.08. The third-order valence-electron chi connectivity index (χ3n) is 6.43. The predicted octanol–water partition coefficient (Wildman–Crippen LogP) is 4.85. The molecule has 2 aromatic carbocycles. The van der Waals surface area contributed by atoms with Crippen molar-refractivity contribution in [2.45, 2.75) is 64.4 Å². The first-order valence-electron chi connectivity index (χ1n) is 12.0. The van der Waals surface area contributed by atoms with E-state index < -0.39 is 10.1 Å². The summed E-state index contributed by atoms with van der Waals surface area (Å²) in [7, 11) is -2.56. The van der Waals surface area contributed by atoms with Gasteiger partial charge in [-0.05, 0) is 70.9 Å². The number of anilines is 1. The number of ether oxygens (including phenoxy) is 1. The van der Waals surface area contributed by atoms with Gasteiger partial charge in [-0.3, -0.25) is 4.79 Å². The number of benzene rings is 2. The van der Waals surface area contributed by atoms with Crippen LogP contribution in [0.15, 0.2) is 47.4 Å². The Labute approximate surface area is 203 Å². The summed E-state index contributed by atoms with van der Waals surface area (Å²) in [6, 6.07) is 11.7. The monoisotopic (exact) mass is 488 g/mol. The van der Waals surface area contributed by atoms with Gasteiger partial charge in [0.1, 0.15) is 16.4 Å². The standard InChI is InChI=1S/C26H36N2O5S/c1-6-27(7-2)22-12-11-21(18-28(19(3)4)26(29)20-9-8-10-20)25(17-22)33-34(30,31)24-15-13-23(32-5)14-16-24/h11-17,19-20H,6-10,18H2,1-5H3. The average molecular weight is 489 g/mol. The Morgan fingerprint density at radius 1 is 1.06 bits per heavy atom. The van der Waals surface area contributed by atoms with Crippen molar-refractivity contribution >= 4 is 21.7 Å². The van der Waals surface area contributed by atoms with Crippen molar-refractivity contribution in [1.82, 2.24) is 4.90 Å². The van der Waals surface area contributed by atoms with E-state index in [1.54, 1.807) is 18.2 Å². The van der Waals surface area contributed by atoms with Crippen LogP contribution in [0.4, 0.5) is 5.69 Å². The van der Waals surface area contributed by atoms with Gasteiger partial charge in [-0.15, -0.1) is 0 Å². The average Bonchev–Trinajstić information content (AvgIpc) is 2.77. The zero-order chi connectivity index (χ0) is 24.9. The van der Waals surface area contributed by atoms with Crippen LogP contribution < -0.4 is 13.8 Å². The Balaban J connectivity index is 1.97. The topological polar surface area (TPSA) is 76.2 Å². The van der Waals surface area contributed by atoms with Crippen LogP contribution in [-0.4, -0.2) is 45.5 Å². The Hall–Kier alpha value is -2.74. The molecule has 3 rings (SSSR count). The lowest BCUT2D eigenvalue weighted by atomic mass is 9.84. The second-order valence-electron chi connectivity index (χ2n) is 8.87. The molecule has 0 unspecified atom stereocenters. The first-order valence-corrected chi connectivity index (χ1v) is 13.4. The first kappa shape index (κ1) is 25.9. The number of carbonyl (C=O) groups excluding carboxylic acids is 1. The van der Waals surface area contributed by atoms with E-state index in [1.165, 1.54) is 19.2 Å². The maximum absolute atomic E-state index is 13.1. The van der Waals surface area contributed by atoms with Crippen molar-refractivity contribution in [1.29, 1.82) is 0 Å². The molecule has 186 valence electrons. The van der Waals surface area contributed by atoms with Crippen LogP contribution in [0.1, 0.15) is 52.5 Å². The van der Waals surface area contributed by atoms with Gasteiger partial charge in [-0.25, -0.2) is 0 Å². The van der Waals surface area contributed by atoms with Gasteiger partial charge >= 0.3 is 10.1 Å². The van der Waals surface area contributed by atoms with E-state index in [0.717, 1.165) is 38.0 Å². The van der Waals surface area contributed by atoms with Crippen molar-refractivity contribution in [2.75, 3.05) is 25.1 Å². The fourth-order valence-electron chi connectivity index (χ4n) is 4.03. The Kier molecular flexibility index (Phi) is 8.47. The molecule has 1 amide bonds. The summed E-state index contributed by atoms with van der Waals surface area (Å²) in [5.74, 6) is 0.986. The second kappa shape index (κ2) is 11.1. The molecule has 7 nitrogen and oxygen atoms in total. The van der Waals surface area contributed by atoms with E-state index in [4.69, 9.17) is 8.92 Å². The van der Waals surface area contributed by atoms with Gasteiger partial charge in [0, 0.05) is 48.9 Å². The van der Waals surface area contributed by atoms with E-state index in [-0.39, 0.29) is 28.5 Å². The third-order valence-corrected chi connectivity index (χ3v) is 7.68. The predicted molar refractivity (Wildman–Crippen MR) is 134 cm³/mol. The van der Waals surface area contributed by atoms with E-state index in [2.05, 4.69) is 4.90 Å². The largest absolute Gasteiger partial charge is 0.497 e.